The molecule has 4 aromatic rings. The third-order valence-corrected chi connectivity index (χ3v) is 4.41. The Morgan fingerprint density at radius 2 is 1.90 bits per heavy atom. The van der Waals surface area contributed by atoms with Crippen LogP contribution in [-0.2, 0) is 10.1 Å². The molecule has 0 aliphatic rings. The Kier molecular flexibility index (Phi) is 4.81. The number of H-pyrrole nitrogens is 1. The van der Waals surface area contributed by atoms with Crippen LogP contribution in [0.5, 0.6) is 17.4 Å². The number of aromatic amines is 1. The first-order chi connectivity index (χ1) is 13.8. The molecule has 0 aliphatic carbocycles. The summed E-state index contributed by atoms with van der Waals surface area (Å²) in [5, 5.41) is 4.06. The number of nitrogens with one attached hydrogen (secondary N) is 2. The molecule has 2 N–H and O–H groups in total. The molecule has 2 heterocycles. The van der Waals surface area contributed by atoms with Crippen molar-refractivity contribution in [3.8, 4) is 17.4 Å². The molecule has 0 unspecified atom stereocenters. The molecule has 0 saturated carbocycles. The maximum atomic E-state index is 11.3. The standard InChI is InChI=1S/C20H18N4O4S/c1-13-10-14-11-16(6-7-18(14)22-13)27-19-8-9-21-20(24-19)23-15-4-3-5-17(12-15)28-29(2,25)26/h3-12,22H,1-2H3,(H,21,23,24). The van der Waals surface area contributed by atoms with Crippen molar-refractivity contribution in [1.29, 1.82) is 0 Å². The molecule has 2 aromatic heterocycles. The third-order valence-electron chi connectivity index (χ3n) is 3.92. The minimum atomic E-state index is -3.60. The van der Waals surface area contributed by atoms with Crippen LogP contribution in [0.2, 0.25) is 0 Å². The van der Waals surface area contributed by atoms with Gasteiger partial charge >= 0.3 is 10.1 Å². The Labute approximate surface area is 167 Å². The lowest BCUT2D eigenvalue weighted by Crippen LogP contribution is -2.06. The number of fused-ring (bicyclic) bond motifs is 1. The van der Waals surface area contributed by atoms with E-state index in [1.54, 1.807) is 36.5 Å². The highest BCUT2D eigenvalue weighted by molar-refractivity contribution is 7.86. The van der Waals surface area contributed by atoms with E-state index in [1.807, 2.05) is 31.2 Å². The average molecular weight is 410 g/mol. The van der Waals surface area contributed by atoms with Crippen LogP contribution < -0.4 is 14.2 Å². The van der Waals surface area contributed by atoms with E-state index in [0.29, 0.717) is 23.3 Å². The van der Waals surface area contributed by atoms with E-state index in [-0.39, 0.29) is 5.75 Å². The molecule has 0 atom stereocenters. The quantitative estimate of drug-likeness (QED) is 0.460. The predicted octanol–water partition coefficient (Wildman–Crippen LogP) is 4.14. The highest BCUT2D eigenvalue weighted by atomic mass is 32.2. The monoisotopic (exact) mass is 410 g/mol. The number of aromatic nitrogens is 3. The van der Waals surface area contributed by atoms with Gasteiger partial charge in [0.2, 0.25) is 11.8 Å². The van der Waals surface area contributed by atoms with Crippen LogP contribution in [0.15, 0.2) is 60.8 Å². The molecule has 0 fully saturated rings. The summed E-state index contributed by atoms with van der Waals surface area (Å²) < 4.78 is 33.3. The number of benzene rings is 2. The van der Waals surface area contributed by atoms with E-state index in [4.69, 9.17) is 8.92 Å². The predicted molar refractivity (Wildman–Crippen MR) is 110 cm³/mol. The van der Waals surface area contributed by atoms with Crippen LogP contribution in [0.3, 0.4) is 0 Å². The first kappa shape index (κ1) is 18.8. The molecule has 8 nitrogen and oxygen atoms in total. The van der Waals surface area contributed by atoms with Gasteiger partial charge in [0, 0.05) is 40.6 Å². The van der Waals surface area contributed by atoms with Crippen LogP contribution in [0.1, 0.15) is 5.69 Å². The van der Waals surface area contributed by atoms with Crippen molar-refractivity contribution in [3.05, 3.63) is 66.5 Å². The molecule has 0 spiro atoms. The van der Waals surface area contributed by atoms with Gasteiger partial charge in [-0.05, 0) is 43.3 Å². The van der Waals surface area contributed by atoms with Crippen molar-refractivity contribution in [1.82, 2.24) is 15.0 Å². The van der Waals surface area contributed by atoms with Gasteiger partial charge < -0.3 is 19.2 Å². The summed E-state index contributed by atoms with van der Waals surface area (Å²) in [4.78, 5) is 11.8. The molecule has 4 rings (SSSR count). The summed E-state index contributed by atoms with van der Waals surface area (Å²) in [5.74, 6) is 1.53. The summed E-state index contributed by atoms with van der Waals surface area (Å²) in [6.07, 6.45) is 2.56. The van der Waals surface area contributed by atoms with Gasteiger partial charge in [-0.2, -0.15) is 13.4 Å². The highest BCUT2D eigenvalue weighted by Crippen LogP contribution is 2.26. The Bertz CT molecular complexity index is 1280. The lowest BCUT2D eigenvalue weighted by atomic mass is 10.2. The van der Waals surface area contributed by atoms with Gasteiger partial charge in [-0.25, -0.2) is 4.98 Å². The topological polar surface area (TPSA) is 106 Å². The number of hydrogen-bond acceptors (Lipinski definition) is 7. The summed E-state index contributed by atoms with van der Waals surface area (Å²) in [7, 11) is -3.60. The Hall–Kier alpha value is -3.59. The van der Waals surface area contributed by atoms with E-state index in [0.717, 1.165) is 22.9 Å². The lowest BCUT2D eigenvalue weighted by molar-refractivity contribution is 0.463. The van der Waals surface area contributed by atoms with Crippen LogP contribution >= 0.6 is 0 Å². The van der Waals surface area contributed by atoms with Gasteiger partial charge in [0.15, 0.2) is 0 Å². The lowest BCUT2D eigenvalue weighted by Gasteiger charge is -2.09. The zero-order chi connectivity index (χ0) is 20.4. The number of hydrogen-bond donors (Lipinski definition) is 2. The summed E-state index contributed by atoms with van der Waals surface area (Å²) in [6, 6.07) is 15.9. The van der Waals surface area contributed by atoms with Crippen molar-refractivity contribution >= 4 is 32.7 Å². The highest BCUT2D eigenvalue weighted by Gasteiger charge is 2.07. The molecule has 9 heteroatoms. The number of aryl methyl sites for hydroxylation is 1. The SMILES string of the molecule is Cc1cc2cc(Oc3ccnc(Nc4cccc(OS(C)(=O)=O)c4)n3)ccc2[nH]1. The van der Waals surface area contributed by atoms with Crippen LogP contribution in [0.25, 0.3) is 10.9 Å². The Balaban J connectivity index is 1.52. The van der Waals surface area contributed by atoms with E-state index >= 15 is 0 Å². The van der Waals surface area contributed by atoms with Crippen molar-refractivity contribution in [2.75, 3.05) is 11.6 Å². The van der Waals surface area contributed by atoms with Gasteiger partial charge in [-0.15, -0.1) is 0 Å². The number of nitrogens with zero attached hydrogens (tertiary/aromatic N) is 2. The maximum Gasteiger partial charge on any atom is 0.306 e. The van der Waals surface area contributed by atoms with E-state index in [2.05, 4.69) is 20.3 Å². The van der Waals surface area contributed by atoms with Crippen LogP contribution in [0.4, 0.5) is 11.6 Å². The molecular formula is C20H18N4O4S. The molecule has 29 heavy (non-hydrogen) atoms. The van der Waals surface area contributed by atoms with Gasteiger partial charge in [0.25, 0.3) is 0 Å². The molecule has 148 valence electrons. The second-order valence-electron chi connectivity index (χ2n) is 6.46. The number of anilines is 2. The zero-order valence-corrected chi connectivity index (χ0v) is 16.5. The van der Waals surface area contributed by atoms with Gasteiger partial charge in [0.1, 0.15) is 11.5 Å². The fourth-order valence-electron chi connectivity index (χ4n) is 2.83. The second kappa shape index (κ2) is 7.44. The molecule has 0 bridgehead atoms. The van der Waals surface area contributed by atoms with E-state index in [9.17, 15) is 8.42 Å². The van der Waals surface area contributed by atoms with Crippen molar-refractivity contribution in [3.63, 3.8) is 0 Å². The third kappa shape index (κ3) is 4.82. The molecule has 0 saturated heterocycles. The van der Waals surface area contributed by atoms with Crippen molar-refractivity contribution in [2.45, 2.75) is 6.92 Å². The Morgan fingerprint density at radius 3 is 2.72 bits per heavy atom. The molecule has 2 aromatic carbocycles. The van der Waals surface area contributed by atoms with Gasteiger partial charge in [-0.3, -0.25) is 0 Å². The summed E-state index contributed by atoms with van der Waals surface area (Å²) in [6.45, 7) is 2.00. The largest absolute Gasteiger partial charge is 0.439 e. The number of ether oxygens (including phenoxy) is 1. The Morgan fingerprint density at radius 1 is 1.03 bits per heavy atom. The van der Waals surface area contributed by atoms with Crippen LogP contribution in [-0.4, -0.2) is 29.6 Å². The second-order valence-corrected chi connectivity index (χ2v) is 8.04. The molecule has 0 radical (unpaired) electrons. The summed E-state index contributed by atoms with van der Waals surface area (Å²) >= 11 is 0. The molecular weight excluding hydrogens is 392 g/mol. The van der Waals surface area contributed by atoms with Crippen molar-refractivity contribution < 1.29 is 17.3 Å². The maximum absolute atomic E-state index is 11.3. The zero-order valence-electron chi connectivity index (χ0n) is 15.7. The average Bonchev–Trinajstić information content (AvgIpc) is 3.00. The van der Waals surface area contributed by atoms with E-state index < -0.39 is 10.1 Å². The molecule has 0 amide bonds. The first-order valence-electron chi connectivity index (χ1n) is 8.71. The van der Waals surface area contributed by atoms with Crippen molar-refractivity contribution in [2.24, 2.45) is 0 Å². The number of rotatable bonds is 6. The summed E-state index contributed by atoms with van der Waals surface area (Å²) in [5.41, 5.74) is 2.69. The fraction of sp³-hybridized carbons (Fsp3) is 0.100. The minimum absolute atomic E-state index is 0.194. The first-order valence-corrected chi connectivity index (χ1v) is 10.5. The molecule has 0 aliphatic heterocycles. The smallest absolute Gasteiger partial charge is 0.306 e. The van der Waals surface area contributed by atoms with Gasteiger partial charge in [-0.1, -0.05) is 6.07 Å². The van der Waals surface area contributed by atoms with Gasteiger partial charge in [0.05, 0.1) is 6.26 Å². The minimum Gasteiger partial charge on any atom is -0.439 e. The fourth-order valence-corrected chi connectivity index (χ4v) is 3.28. The van der Waals surface area contributed by atoms with E-state index in [1.165, 1.54) is 0 Å². The van der Waals surface area contributed by atoms with Crippen LogP contribution in [0, 0.1) is 6.92 Å². The normalized spacial score (nSPS) is 11.4.